The zero-order valence-electron chi connectivity index (χ0n) is 11.4. The summed E-state index contributed by atoms with van der Waals surface area (Å²) in [6.45, 7) is -1.31. The summed E-state index contributed by atoms with van der Waals surface area (Å²) in [6, 6.07) is 6.14. The summed E-state index contributed by atoms with van der Waals surface area (Å²) < 4.78 is 20.5. The van der Waals surface area contributed by atoms with Crippen LogP contribution >= 0.6 is 8.03 Å². The summed E-state index contributed by atoms with van der Waals surface area (Å²) in [5.41, 5.74) is 0.980. The maximum atomic E-state index is 11.5. The van der Waals surface area contributed by atoms with Crippen LogP contribution in [0.1, 0.15) is 15.9 Å². The van der Waals surface area contributed by atoms with Gasteiger partial charge in [-0.15, -0.1) is 4.52 Å². The van der Waals surface area contributed by atoms with Gasteiger partial charge < -0.3 is 14.9 Å². The Hall–Kier alpha value is -2.31. The van der Waals surface area contributed by atoms with Gasteiger partial charge in [-0.05, 0) is 22.3 Å². The third-order valence-electron chi connectivity index (χ3n) is 2.43. The monoisotopic (exact) mass is 329 g/mol. The Kier molecular flexibility index (Phi) is 7.15. The van der Waals surface area contributed by atoms with E-state index in [9.17, 15) is 18.9 Å². The third kappa shape index (κ3) is 6.92. The Labute approximate surface area is 126 Å². The van der Waals surface area contributed by atoms with Gasteiger partial charge in [0.25, 0.3) is 0 Å². The molecular formula is C13H14O8P+. The van der Waals surface area contributed by atoms with Crippen molar-refractivity contribution < 1.29 is 38.4 Å². The lowest BCUT2D eigenvalue weighted by Crippen LogP contribution is -2.13. The molecule has 1 atom stereocenters. The van der Waals surface area contributed by atoms with Crippen LogP contribution in [0.4, 0.5) is 0 Å². The highest BCUT2D eigenvalue weighted by molar-refractivity contribution is 7.39. The van der Waals surface area contributed by atoms with Crippen molar-refractivity contribution in [3.8, 4) is 0 Å². The Bertz CT molecular complexity index is 566. The molecule has 2 N–H and O–H groups in total. The van der Waals surface area contributed by atoms with E-state index in [4.69, 9.17) is 10.2 Å². The lowest BCUT2D eigenvalue weighted by Gasteiger charge is -2.02. The molecule has 0 bridgehead atoms. The molecule has 0 fully saturated rings. The SMILES string of the molecule is O=C(O)COC(=O)c1ccc(CC[P+](=O)OCC(=O)O)cc1. The first-order valence-corrected chi connectivity index (χ1v) is 7.52. The molecule has 9 heteroatoms. The topological polar surface area (TPSA) is 127 Å². The maximum absolute atomic E-state index is 11.5. The van der Waals surface area contributed by atoms with Crippen molar-refractivity contribution in [2.45, 2.75) is 6.42 Å². The molecule has 0 heterocycles. The van der Waals surface area contributed by atoms with E-state index in [-0.39, 0.29) is 11.7 Å². The van der Waals surface area contributed by atoms with Crippen molar-refractivity contribution >= 4 is 25.9 Å². The zero-order valence-corrected chi connectivity index (χ0v) is 12.3. The number of ether oxygens (including phenoxy) is 1. The van der Waals surface area contributed by atoms with E-state index >= 15 is 0 Å². The van der Waals surface area contributed by atoms with Gasteiger partial charge in [-0.1, -0.05) is 12.1 Å². The fourth-order valence-electron chi connectivity index (χ4n) is 1.43. The van der Waals surface area contributed by atoms with Crippen LogP contribution in [0.15, 0.2) is 24.3 Å². The van der Waals surface area contributed by atoms with Gasteiger partial charge in [0.2, 0.25) is 0 Å². The van der Waals surface area contributed by atoms with E-state index in [1.54, 1.807) is 12.1 Å². The lowest BCUT2D eigenvalue weighted by atomic mass is 10.1. The Morgan fingerprint density at radius 1 is 1.00 bits per heavy atom. The standard InChI is InChI=1S/C13H13O8P/c14-11(15)7-20-13(18)10-3-1-9(2-4-10)5-6-22(19)21-8-12(16)17/h1-4H,5-8H2,(H-,14,15,16,17)/p+1. The summed E-state index contributed by atoms with van der Waals surface area (Å²) in [7, 11) is -2.06. The van der Waals surface area contributed by atoms with Gasteiger partial charge in [0.05, 0.1) is 5.56 Å². The molecule has 0 amide bonds. The van der Waals surface area contributed by atoms with Gasteiger partial charge in [0.15, 0.2) is 19.4 Å². The Morgan fingerprint density at radius 2 is 1.59 bits per heavy atom. The van der Waals surface area contributed by atoms with Crippen molar-refractivity contribution in [3.63, 3.8) is 0 Å². The van der Waals surface area contributed by atoms with Crippen molar-refractivity contribution in [1.29, 1.82) is 0 Å². The summed E-state index contributed by atoms with van der Waals surface area (Å²) in [5, 5.41) is 16.8. The fraction of sp³-hybridized carbons (Fsp3) is 0.308. The highest BCUT2D eigenvalue weighted by Crippen LogP contribution is 2.23. The molecule has 8 nitrogen and oxygen atoms in total. The number of hydrogen-bond acceptors (Lipinski definition) is 6. The fourth-order valence-corrected chi connectivity index (χ4v) is 2.25. The molecule has 0 saturated carbocycles. The van der Waals surface area contributed by atoms with Crippen LogP contribution in [-0.2, 0) is 29.8 Å². The van der Waals surface area contributed by atoms with Gasteiger partial charge >= 0.3 is 25.9 Å². The van der Waals surface area contributed by atoms with Gasteiger partial charge in [-0.2, -0.15) is 0 Å². The second-order valence-corrected chi connectivity index (χ2v) is 5.51. The number of esters is 1. The molecular weight excluding hydrogens is 315 g/mol. The number of benzene rings is 1. The first-order chi connectivity index (χ1) is 10.4. The lowest BCUT2D eigenvalue weighted by molar-refractivity contribution is -0.140. The summed E-state index contributed by atoms with van der Waals surface area (Å²) in [5.74, 6) is -3.17. The van der Waals surface area contributed by atoms with Crippen LogP contribution in [0.3, 0.4) is 0 Å². The predicted octanol–water partition coefficient (Wildman–Crippen LogP) is 1.31. The van der Waals surface area contributed by atoms with Crippen LogP contribution in [0.5, 0.6) is 0 Å². The summed E-state index contributed by atoms with van der Waals surface area (Å²) in [6.07, 6.45) is 0.546. The molecule has 1 unspecified atom stereocenters. The number of carboxylic acids is 2. The minimum absolute atomic E-state index is 0.158. The number of aliphatic carboxylic acids is 2. The van der Waals surface area contributed by atoms with E-state index in [1.165, 1.54) is 12.1 Å². The van der Waals surface area contributed by atoms with Crippen LogP contribution in [0, 0.1) is 0 Å². The normalized spacial score (nSPS) is 10.8. The molecule has 22 heavy (non-hydrogen) atoms. The largest absolute Gasteiger partial charge is 0.508 e. The number of hydrogen-bond donors (Lipinski definition) is 2. The van der Waals surface area contributed by atoms with Crippen molar-refractivity contribution in [1.82, 2.24) is 0 Å². The molecule has 1 aromatic carbocycles. The zero-order chi connectivity index (χ0) is 16.5. The van der Waals surface area contributed by atoms with Crippen LogP contribution in [0.25, 0.3) is 0 Å². The molecule has 0 spiro atoms. The average Bonchev–Trinajstić information content (AvgIpc) is 2.49. The molecule has 0 aliphatic rings. The average molecular weight is 329 g/mol. The highest BCUT2D eigenvalue weighted by Gasteiger charge is 2.19. The van der Waals surface area contributed by atoms with Crippen molar-refractivity contribution in [3.05, 3.63) is 35.4 Å². The van der Waals surface area contributed by atoms with Gasteiger partial charge in [-0.3, -0.25) is 0 Å². The molecule has 0 aromatic heterocycles. The molecule has 0 aliphatic carbocycles. The third-order valence-corrected chi connectivity index (χ3v) is 3.44. The van der Waals surface area contributed by atoms with Crippen LogP contribution in [0.2, 0.25) is 0 Å². The number of carboxylic acid groups (broad SMARTS) is 2. The first kappa shape index (κ1) is 17.7. The smallest absolute Gasteiger partial charge is 0.479 e. The van der Waals surface area contributed by atoms with E-state index in [0.717, 1.165) is 5.56 Å². The van der Waals surface area contributed by atoms with E-state index in [2.05, 4.69) is 9.26 Å². The van der Waals surface area contributed by atoms with Crippen LogP contribution < -0.4 is 0 Å². The number of rotatable bonds is 9. The van der Waals surface area contributed by atoms with Gasteiger partial charge in [0, 0.05) is 6.42 Å². The number of carbonyl (C=O) groups excluding carboxylic acids is 1. The number of carbonyl (C=O) groups is 3. The molecule has 1 aromatic rings. The van der Waals surface area contributed by atoms with Crippen LogP contribution in [-0.4, -0.2) is 47.5 Å². The second kappa shape index (κ2) is 8.86. The molecule has 0 aliphatic heterocycles. The molecule has 0 radical (unpaired) electrons. The van der Waals surface area contributed by atoms with Gasteiger partial charge in [0.1, 0.15) is 0 Å². The first-order valence-electron chi connectivity index (χ1n) is 6.15. The quantitative estimate of drug-likeness (QED) is 0.513. The van der Waals surface area contributed by atoms with Crippen molar-refractivity contribution in [2.75, 3.05) is 19.4 Å². The Balaban J connectivity index is 2.44. The molecule has 0 saturated heterocycles. The van der Waals surface area contributed by atoms with E-state index in [0.29, 0.717) is 6.42 Å². The summed E-state index contributed by atoms with van der Waals surface area (Å²) in [4.78, 5) is 32.0. The predicted molar refractivity (Wildman–Crippen MR) is 74.1 cm³/mol. The van der Waals surface area contributed by atoms with E-state index < -0.39 is 39.1 Å². The minimum Gasteiger partial charge on any atom is -0.479 e. The van der Waals surface area contributed by atoms with Gasteiger partial charge in [-0.25, -0.2) is 14.4 Å². The van der Waals surface area contributed by atoms with Crippen molar-refractivity contribution in [2.24, 2.45) is 0 Å². The highest BCUT2D eigenvalue weighted by atomic mass is 31.1. The van der Waals surface area contributed by atoms with E-state index in [1.807, 2.05) is 0 Å². The second-order valence-electron chi connectivity index (χ2n) is 4.14. The minimum atomic E-state index is -2.06. The number of aryl methyl sites for hydroxylation is 1. The molecule has 1 rings (SSSR count). The Morgan fingerprint density at radius 3 is 2.14 bits per heavy atom. The summed E-state index contributed by atoms with van der Waals surface area (Å²) >= 11 is 0. The molecule has 118 valence electrons. The maximum Gasteiger partial charge on any atom is 0.508 e.